The van der Waals surface area contributed by atoms with Crippen molar-refractivity contribution in [3.8, 4) is 5.75 Å². The fourth-order valence-electron chi connectivity index (χ4n) is 1.72. The average Bonchev–Trinajstić information content (AvgIpc) is 2.46. The second kappa shape index (κ2) is 8.34. The number of carbonyl (C=O) groups is 1. The summed E-state index contributed by atoms with van der Waals surface area (Å²) in [7, 11) is 0. The minimum Gasteiger partial charge on any atom is -0.490 e. The van der Waals surface area contributed by atoms with E-state index < -0.39 is 11.9 Å². The van der Waals surface area contributed by atoms with E-state index in [4.69, 9.17) is 10.5 Å². The van der Waals surface area contributed by atoms with Crippen LogP contribution in [-0.4, -0.2) is 25.1 Å². The van der Waals surface area contributed by atoms with E-state index in [1.54, 1.807) is 6.92 Å². The quantitative estimate of drug-likeness (QED) is 0.644. The molecule has 5 nitrogen and oxygen atoms in total. The zero-order valence-electron chi connectivity index (χ0n) is 12.8. The third-order valence-corrected chi connectivity index (χ3v) is 2.88. The molecule has 1 atom stereocenters. The number of hydrogen-bond donors (Lipinski definition) is 3. The van der Waals surface area contributed by atoms with E-state index in [0.717, 1.165) is 12.8 Å². The number of carbonyl (C=O) groups excluding carboxylic acids is 1. The molecule has 1 rings (SSSR count). The first kappa shape index (κ1) is 17.1. The summed E-state index contributed by atoms with van der Waals surface area (Å²) in [6, 6.07) is 2.22. The van der Waals surface area contributed by atoms with Gasteiger partial charge >= 0.3 is 0 Å². The maximum Gasteiger partial charge on any atom is 0.242 e. The average molecular weight is 297 g/mol. The van der Waals surface area contributed by atoms with Gasteiger partial charge < -0.3 is 21.1 Å². The van der Waals surface area contributed by atoms with Crippen LogP contribution < -0.4 is 21.1 Å². The number of nitrogens with one attached hydrogen (secondary N) is 2. The Labute approximate surface area is 125 Å². The third kappa shape index (κ3) is 5.13. The SMILES string of the molecule is CCCNC(=O)C(C)Nc1cc(OCCC)c(F)cc1N. The maximum absolute atomic E-state index is 13.7. The number of rotatable bonds is 8. The number of benzene rings is 1. The van der Waals surface area contributed by atoms with Crippen LogP contribution in [0, 0.1) is 5.82 Å². The molecule has 4 N–H and O–H groups in total. The van der Waals surface area contributed by atoms with Crippen molar-refractivity contribution in [3.05, 3.63) is 17.9 Å². The molecule has 1 aromatic carbocycles. The molecule has 0 saturated heterocycles. The van der Waals surface area contributed by atoms with Gasteiger partial charge in [-0.25, -0.2) is 4.39 Å². The van der Waals surface area contributed by atoms with E-state index in [1.807, 2.05) is 13.8 Å². The molecule has 0 fully saturated rings. The van der Waals surface area contributed by atoms with Gasteiger partial charge in [-0.2, -0.15) is 0 Å². The summed E-state index contributed by atoms with van der Waals surface area (Å²) >= 11 is 0. The van der Waals surface area contributed by atoms with Gasteiger partial charge in [0.15, 0.2) is 11.6 Å². The Morgan fingerprint density at radius 3 is 2.71 bits per heavy atom. The van der Waals surface area contributed by atoms with Gasteiger partial charge in [-0.3, -0.25) is 4.79 Å². The van der Waals surface area contributed by atoms with Crippen molar-refractivity contribution in [2.24, 2.45) is 0 Å². The van der Waals surface area contributed by atoms with Crippen molar-refractivity contribution in [2.75, 3.05) is 24.2 Å². The minimum absolute atomic E-state index is 0.128. The first-order valence-electron chi connectivity index (χ1n) is 7.25. The van der Waals surface area contributed by atoms with Crippen LogP contribution in [0.1, 0.15) is 33.6 Å². The van der Waals surface area contributed by atoms with Crippen LogP contribution in [0.4, 0.5) is 15.8 Å². The summed E-state index contributed by atoms with van der Waals surface area (Å²) in [5.74, 6) is -0.499. The molecule has 0 aliphatic carbocycles. The van der Waals surface area contributed by atoms with Crippen molar-refractivity contribution >= 4 is 17.3 Å². The van der Waals surface area contributed by atoms with Crippen LogP contribution in [0.5, 0.6) is 5.75 Å². The van der Waals surface area contributed by atoms with Gasteiger partial charge in [-0.15, -0.1) is 0 Å². The normalized spacial score (nSPS) is 11.8. The van der Waals surface area contributed by atoms with Gasteiger partial charge in [0.2, 0.25) is 5.91 Å². The number of ether oxygens (including phenoxy) is 1. The van der Waals surface area contributed by atoms with Crippen LogP contribution >= 0.6 is 0 Å². The lowest BCUT2D eigenvalue weighted by Gasteiger charge is -2.18. The molecule has 21 heavy (non-hydrogen) atoms. The summed E-state index contributed by atoms with van der Waals surface area (Å²) in [5.41, 5.74) is 6.51. The van der Waals surface area contributed by atoms with Gasteiger partial charge in [0.1, 0.15) is 6.04 Å². The highest BCUT2D eigenvalue weighted by molar-refractivity contribution is 5.85. The standard InChI is InChI=1S/C15H24FN3O2/c1-4-6-18-15(20)10(3)19-13-9-14(21-7-5-2)11(16)8-12(13)17/h8-10,19H,4-7,17H2,1-3H3,(H,18,20). The maximum atomic E-state index is 13.7. The van der Waals surface area contributed by atoms with Gasteiger partial charge in [-0.1, -0.05) is 13.8 Å². The molecule has 0 heterocycles. The zero-order chi connectivity index (χ0) is 15.8. The monoisotopic (exact) mass is 297 g/mol. The second-order valence-electron chi connectivity index (χ2n) is 4.88. The molecule has 6 heteroatoms. The van der Waals surface area contributed by atoms with E-state index in [1.165, 1.54) is 12.1 Å². The van der Waals surface area contributed by atoms with Crippen LogP contribution in [0.15, 0.2) is 12.1 Å². The molecular formula is C15H24FN3O2. The van der Waals surface area contributed by atoms with Crippen molar-refractivity contribution in [2.45, 2.75) is 39.7 Å². The second-order valence-corrected chi connectivity index (χ2v) is 4.88. The molecule has 0 aromatic heterocycles. The molecule has 1 amide bonds. The van der Waals surface area contributed by atoms with E-state index in [-0.39, 0.29) is 17.3 Å². The predicted octanol–water partition coefficient (Wildman–Crippen LogP) is 2.52. The molecule has 0 radical (unpaired) electrons. The van der Waals surface area contributed by atoms with Gasteiger partial charge in [0.05, 0.1) is 18.0 Å². The largest absolute Gasteiger partial charge is 0.490 e. The highest BCUT2D eigenvalue weighted by Crippen LogP contribution is 2.28. The van der Waals surface area contributed by atoms with E-state index in [2.05, 4.69) is 10.6 Å². The number of hydrogen-bond acceptors (Lipinski definition) is 4. The minimum atomic E-state index is -0.505. The summed E-state index contributed by atoms with van der Waals surface area (Å²) in [6.45, 7) is 6.68. The van der Waals surface area contributed by atoms with Gasteiger partial charge in [0.25, 0.3) is 0 Å². The van der Waals surface area contributed by atoms with Gasteiger partial charge in [-0.05, 0) is 19.8 Å². The van der Waals surface area contributed by atoms with Crippen LogP contribution in [0.2, 0.25) is 0 Å². The van der Waals surface area contributed by atoms with E-state index in [0.29, 0.717) is 18.8 Å². The fraction of sp³-hybridized carbons (Fsp3) is 0.533. The number of halogens is 1. The fourth-order valence-corrected chi connectivity index (χ4v) is 1.72. The van der Waals surface area contributed by atoms with Crippen LogP contribution in [0.25, 0.3) is 0 Å². The molecule has 0 bridgehead atoms. The van der Waals surface area contributed by atoms with Crippen molar-refractivity contribution < 1.29 is 13.9 Å². The summed E-state index contributed by atoms with van der Waals surface area (Å²) in [6.07, 6.45) is 1.65. The lowest BCUT2D eigenvalue weighted by Crippen LogP contribution is -2.38. The molecular weight excluding hydrogens is 273 g/mol. The van der Waals surface area contributed by atoms with Crippen molar-refractivity contribution in [1.82, 2.24) is 5.32 Å². The number of anilines is 2. The summed E-state index contributed by atoms with van der Waals surface area (Å²) < 4.78 is 19.0. The third-order valence-electron chi connectivity index (χ3n) is 2.88. The van der Waals surface area contributed by atoms with E-state index in [9.17, 15) is 9.18 Å². The zero-order valence-corrected chi connectivity index (χ0v) is 12.8. The molecule has 1 aromatic rings. The topological polar surface area (TPSA) is 76.4 Å². The van der Waals surface area contributed by atoms with Crippen molar-refractivity contribution in [1.29, 1.82) is 0 Å². The van der Waals surface area contributed by atoms with Crippen LogP contribution in [-0.2, 0) is 4.79 Å². The first-order valence-corrected chi connectivity index (χ1v) is 7.25. The molecule has 0 saturated carbocycles. The van der Waals surface area contributed by atoms with Crippen molar-refractivity contribution in [3.63, 3.8) is 0 Å². The smallest absolute Gasteiger partial charge is 0.242 e. The molecule has 0 spiro atoms. The lowest BCUT2D eigenvalue weighted by atomic mass is 10.2. The highest BCUT2D eigenvalue weighted by Gasteiger charge is 2.15. The Bertz CT molecular complexity index is 480. The number of nitrogen functional groups attached to an aromatic ring is 1. The Morgan fingerprint density at radius 1 is 1.38 bits per heavy atom. The Hall–Kier alpha value is -1.98. The Balaban J connectivity index is 2.79. The predicted molar refractivity (Wildman–Crippen MR) is 83.0 cm³/mol. The highest BCUT2D eigenvalue weighted by atomic mass is 19.1. The number of nitrogens with two attached hydrogens (primary N) is 1. The first-order chi connectivity index (χ1) is 9.99. The number of amides is 1. The molecule has 1 unspecified atom stereocenters. The molecule has 0 aliphatic rings. The Kier molecular flexibility index (Phi) is 6.78. The van der Waals surface area contributed by atoms with Crippen LogP contribution in [0.3, 0.4) is 0 Å². The lowest BCUT2D eigenvalue weighted by molar-refractivity contribution is -0.121. The van der Waals surface area contributed by atoms with Gasteiger partial charge in [0, 0.05) is 18.7 Å². The Morgan fingerprint density at radius 2 is 2.10 bits per heavy atom. The summed E-state index contributed by atoms with van der Waals surface area (Å²) in [4.78, 5) is 11.8. The molecule has 118 valence electrons. The summed E-state index contributed by atoms with van der Waals surface area (Å²) in [5, 5.41) is 5.76. The molecule has 0 aliphatic heterocycles. The van der Waals surface area contributed by atoms with E-state index >= 15 is 0 Å².